The van der Waals surface area contributed by atoms with Gasteiger partial charge in [0.2, 0.25) is 15.9 Å². The molecule has 7 nitrogen and oxygen atoms in total. The molecule has 2 rings (SSSR count). The van der Waals surface area contributed by atoms with Crippen LogP contribution in [0.3, 0.4) is 0 Å². The molecule has 1 aromatic rings. The molecule has 1 amide bonds. The maximum Gasteiger partial charge on any atom is 0.337 e. The third-order valence-electron chi connectivity index (χ3n) is 3.09. The van der Waals surface area contributed by atoms with Gasteiger partial charge >= 0.3 is 5.97 Å². The Hall–Kier alpha value is -1.93. The molecule has 0 aromatic heterocycles. The first-order valence-electron chi connectivity index (χ1n) is 6.34. The number of benzene rings is 1. The lowest BCUT2D eigenvalue weighted by Crippen LogP contribution is -2.50. The number of carbonyl (C=O) groups excluding carboxylic acids is 2. The Morgan fingerprint density at radius 1 is 1.43 bits per heavy atom. The van der Waals surface area contributed by atoms with Crippen molar-refractivity contribution < 1.29 is 22.7 Å². The molecule has 1 aliphatic heterocycles. The molecule has 114 valence electrons. The van der Waals surface area contributed by atoms with E-state index in [1.807, 2.05) is 0 Å². The van der Waals surface area contributed by atoms with E-state index >= 15 is 0 Å². The second-order valence-electron chi connectivity index (χ2n) is 4.63. The number of hydrogen-bond donors (Lipinski definition) is 1. The number of esters is 1. The summed E-state index contributed by atoms with van der Waals surface area (Å²) in [6.07, 6.45) is 0. The fourth-order valence-corrected chi connectivity index (χ4v) is 3.53. The third-order valence-corrected chi connectivity index (χ3v) is 4.89. The van der Waals surface area contributed by atoms with Gasteiger partial charge in [-0.2, -0.15) is 4.31 Å². The highest BCUT2D eigenvalue weighted by molar-refractivity contribution is 7.88. The Labute approximate surface area is 122 Å². The molecule has 21 heavy (non-hydrogen) atoms. The first kappa shape index (κ1) is 15.5. The largest absolute Gasteiger partial charge is 0.465 e. The topological polar surface area (TPSA) is 92.8 Å². The Morgan fingerprint density at radius 2 is 2.19 bits per heavy atom. The molecule has 0 spiro atoms. The number of nitrogens with one attached hydrogen (secondary N) is 1. The molecule has 0 aliphatic carbocycles. The van der Waals surface area contributed by atoms with Crippen molar-refractivity contribution in [1.29, 1.82) is 0 Å². The van der Waals surface area contributed by atoms with E-state index in [4.69, 9.17) is 0 Å². The smallest absolute Gasteiger partial charge is 0.337 e. The molecule has 1 fully saturated rings. The summed E-state index contributed by atoms with van der Waals surface area (Å²) in [6, 6.07) is 6.25. The summed E-state index contributed by atoms with van der Waals surface area (Å²) < 4.78 is 30.3. The Kier molecular flexibility index (Phi) is 4.59. The minimum absolute atomic E-state index is 0.168. The van der Waals surface area contributed by atoms with Gasteiger partial charge in [0.1, 0.15) is 0 Å². The van der Waals surface area contributed by atoms with Gasteiger partial charge < -0.3 is 10.1 Å². The SMILES string of the molecule is COC(=O)c1cccc(CS(=O)(=O)N2CCNC(=O)C2)c1. The molecule has 0 bridgehead atoms. The molecule has 0 saturated carbocycles. The van der Waals surface area contributed by atoms with Crippen LogP contribution in [0.5, 0.6) is 0 Å². The van der Waals surface area contributed by atoms with Crippen LogP contribution in [0.15, 0.2) is 24.3 Å². The summed E-state index contributed by atoms with van der Waals surface area (Å²) in [5.74, 6) is -1.09. The van der Waals surface area contributed by atoms with Gasteiger partial charge in [-0.25, -0.2) is 13.2 Å². The summed E-state index contributed by atoms with van der Waals surface area (Å²) in [6.45, 7) is 0.393. The van der Waals surface area contributed by atoms with Crippen LogP contribution in [0, 0.1) is 0 Å². The van der Waals surface area contributed by atoms with Gasteiger partial charge in [-0.15, -0.1) is 0 Å². The predicted octanol–water partition coefficient (Wildman–Crippen LogP) is -0.265. The quantitative estimate of drug-likeness (QED) is 0.773. The van der Waals surface area contributed by atoms with Gasteiger partial charge in [0.25, 0.3) is 0 Å². The van der Waals surface area contributed by atoms with Crippen LogP contribution in [0.25, 0.3) is 0 Å². The van der Waals surface area contributed by atoms with Crippen molar-refractivity contribution in [3.05, 3.63) is 35.4 Å². The number of carbonyl (C=O) groups is 2. The summed E-state index contributed by atoms with van der Waals surface area (Å²) >= 11 is 0. The van der Waals surface area contributed by atoms with Gasteiger partial charge in [0.05, 0.1) is 25.0 Å². The van der Waals surface area contributed by atoms with Gasteiger partial charge in [0, 0.05) is 13.1 Å². The normalized spacial score (nSPS) is 16.3. The lowest BCUT2D eigenvalue weighted by atomic mass is 10.1. The van der Waals surface area contributed by atoms with E-state index < -0.39 is 16.0 Å². The maximum atomic E-state index is 12.3. The van der Waals surface area contributed by atoms with E-state index in [0.29, 0.717) is 17.7 Å². The van der Waals surface area contributed by atoms with Crippen molar-refractivity contribution in [1.82, 2.24) is 9.62 Å². The van der Waals surface area contributed by atoms with Crippen molar-refractivity contribution in [2.75, 3.05) is 26.7 Å². The van der Waals surface area contributed by atoms with Crippen LogP contribution in [-0.4, -0.2) is 51.3 Å². The van der Waals surface area contributed by atoms with Crippen molar-refractivity contribution >= 4 is 21.9 Å². The van der Waals surface area contributed by atoms with Crippen molar-refractivity contribution in [3.63, 3.8) is 0 Å². The Balaban J connectivity index is 2.16. The average molecular weight is 312 g/mol. The fraction of sp³-hybridized carbons (Fsp3) is 0.385. The maximum absolute atomic E-state index is 12.3. The minimum atomic E-state index is -3.60. The Bertz CT molecular complexity index is 656. The minimum Gasteiger partial charge on any atom is -0.465 e. The first-order valence-corrected chi connectivity index (χ1v) is 7.95. The molecule has 0 radical (unpaired) electrons. The number of rotatable bonds is 4. The predicted molar refractivity (Wildman–Crippen MR) is 75.0 cm³/mol. The van der Waals surface area contributed by atoms with Crippen LogP contribution in [0.2, 0.25) is 0 Å². The molecule has 1 heterocycles. The van der Waals surface area contributed by atoms with E-state index in [1.54, 1.807) is 18.2 Å². The zero-order valence-electron chi connectivity index (χ0n) is 11.5. The lowest BCUT2D eigenvalue weighted by molar-refractivity contribution is -0.122. The van der Waals surface area contributed by atoms with Crippen LogP contribution >= 0.6 is 0 Å². The molecule has 8 heteroatoms. The van der Waals surface area contributed by atoms with E-state index in [0.717, 1.165) is 4.31 Å². The van der Waals surface area contributed by atoms with Crippen molar-refractivity contribution in [2.45, 2.75) is 5.75 Å². The zero-order chi connectivity index (χ0) is 15.5. The van der Waals surface area contributed by atoms with E-state index in [2.05, 4.69) is 10.1 Å². The number of sulfonamides is 1. The molecular weight excluding hydrogens is 296 g/mol. The van der Waals surface area contributed by atoms with Crippen LogP contribution in [0.4, 0.5) is 0 Å². The monoisotopic (exact) mass is 312 g/mol. The number of amides is 1. The third kappa shape index (κ3) is 3.79. The second kappa shape index (κ2) is 6.23. The molecule has 1 aromatic carbocycles. The number of ether oxygens (including phenoxy) is 1. The van der Waals surface area contributed by atoms with Crippen molar-refractivity contribution in [2.24, 2.45) is 0 Å². The summed E-state index contributed by atoms with van der Waals surface area (Å²) in [5.41, 5.74) is 0.769. The van der Waals surface area contributed by atoms with Crippen LogP contribution < -0.4 is 5.32 Å². The molecule has 1 saturated heterocycles. The van der Waals surface area contributed by atoms with Gasteiger partial charge in [-0.05, 0) is 17.7 Å². The lowest BCUT2D eigenvalue weighted by Gasteiger charge is -2.25. The van der Waals surface area contributed by atoms with Crippen LogP contribution in [0.1, 0.15) is 15.9 Å². The molecule has 1 aliphatic rings. The first-order chi connectivity index (χ1) is 9.92. The van der Waals surface area contributed by atoms with Crippen molar-refractivity contribution in [3.8, 4) is 0 Å². The molecular formula is C13H16N2O5S. The molecule has 0 unspecified atom stereocenters. The molecule has 1 N–H and O–H groups in total. The number of piperazine rings is 1. The number of nitrogens with zero attached hydrogens (tertiary/aromatic N) is 1. The van der Waals surface area contributed by atoms with E-state index in [9.17, 15) is 18.0 Å². The highest BCUT2D eigenvalue weighted by Gasteiger charge is 2.27. The average Bonchev–Trinajstić information content (AvgIpc) is 2.46. The highest BCUT2D eigenvalue weighted by Crippen LogP contribution is 2.14. The zero-order valence-corrected chi connectivity index (χ0v) is 12.4. The number of hydrogen-bond acceptors (Lipinski definition) is 5. The van der Waals surface area contributed by atoms with Gasteiger partial charge in [0.15, 0.2) is 0 Å². The summed E-state index contributed by atoms with van der Waals surface area (Å²) in [5, 5.41) is 2.57. The number of methoxy groups -OCH3 is 1. The van der Waals surface area contributed by atoms with Gasteiger partial charge in [-0.1, -0.05) is 12.1 Å². The summed E-state index contributed by atoms with van der Waals surface area (Å²) in [4.78, 5) is 22.7. The van der Waals surface area contributed by atoms with E-state index in [-0.39, 0.29) is 24.7 Å². The van der Waals surface area contributed by atoms with Crippen LogP contribution in [-0.2, 0) is 25.3 Å². The second-order valence-corrected chi connectivity index (χ2v) is 6.60. The standard InChI is InChI=1S/C13H16N2O5S/c1-20-13(17)11-4-2-3-10(7-11)9-21(18,19)15-6-5-14-12(16)8-15/h2-4,7H,5-6,8-9H2,1H3,(H,14,16). The fourth-order valence-electron chi connectivity index (χ4n) is 2.06. The Morgan fingerprint density at radius 3 is 2.86 bits per heavy atom. The molecule has 0 atom stereocenters. The van der Waals surface area contributed by atoms with E-state index in [1.165, 1.54) is 13.2 Å². The van der Waals surface area contributed by atoms with Gasteiger partial charge in [-0.3, -0.25) is 4.79 Å². The summed E-state index contributed by atoms with van der Waals surface area (Å²) in [7, 11) is -2.34. The highest BCUT2D eigenvalue weighted by atomic mass is 32.2.